The summed E-state index contributed by atoms with van der Waals surface area (Å²) in [6, 6.07) is 22.2. The summed E-state index contributed by atoms with van der Waals surface area (Å²) in [6.45, 7) is 0.624. The van der Waals surface area contributed by atoms with E-state index in [0.717, 1.165) is 11.0 Å². The number of sulfonamides is 1. The van der Waals surface area contributed by atoms with Gasteiger partial charge >= 0.3 is 0 Å². The van der Waals surface area contributed by atoms with E-state index >= 15 is 0 Å². The van der Waals surface area contributed by atoms with E-state index < -0.39 is 10.0 Å². The van der Waals surface area contributed by atoms with Crippen LogP contribution in [-0.2, 0) is 10.0 Å². The first-order valence-corrected chi connectivity index (χ1v) is 11.4. The predicted molar refractivity (Wildman–Crippen MR) is 124 cm³/mol. The monoisotopic (exact) mass is 456 g/mol. The summed E-state index contributed by atoms with van der Waals surface area (Å²) in [4.78, 5) is 12.2. The third-order valence-corrected chi connectivity index (χ3v) is 5.38. The standard InChI is InChI=1S/C23H21ClN2O4S/c24-20-8-12-22(13-9-20)30-16-15-25-23(27)19-6-10-21(11-7-19)26-31(28,29)17-14-18-4-2-1-3-5-18/h1-14,17,26H,15-16H2,(H,25,27)/b17-14+. The average Bonchev–Trinajstić information content (AvgIpc) is 2.77. The lowest BCUT2D eigenvalue weighted by molar-refractivity contribution is 0.0947. The van der Waals surface area contributed by atoms with Gasteiger partial charge in [0.25, 0.3) is 15.9 Å². The topological polar surface area (TPSA) is 84.5 Å². The maximum Gasteiger partial charge on any atom is 0.255 e. The van der Waals surface area contributed by atoms with Gasteiger partial charge in [0.1, 0.15) is 12.4 Å². The summed E-state index contributed by atoms with van der Waals surface area (Å²) < 4.78 is 32.4. The quantitative estimate of drug-likeness (QED) is 0.462. The van der Waals surface area contributed by atoms with E-state index in [1.165, 1.54) is 18.2 Å². The van der Waals surface area contributed by atoms with Gasteiger partial charge in [-0.15, -0.1) is 0 Å². The van der Waals surface area contributed by atoms with Gasteiger partial charge in [-0.3, -0.25) is 9.52 Å². The minimum Gasteiger partial charge on any atom is -0.492 e. The highest BCUT2D eigenvalue weighted by Gasteiger charge is 2.08. The molecule has 3 aromatic carbocycles. The lowest BCUT2D eigenvalue weighted by Gasteiger charge is -2.09. The molecule has 0 fully saturated rings. The van der Waals surface area contributed by atoms with Crippen molar-refractivity contribution in [2.75, 3.05) is 17.9 Å². The largest absolute Gasteiger partial charge is 0.492 e. The van der Waals surface area contributed by atoms with E-state index in [-0.39, 0.29) is 5.91 Å². The van der Waals surface area contributed by atoms with E-state index in [9.17, 15) is 13.2 Å². The maximum absolute atomic E-state index is 12.2. The van der Waals surface area contributed by atoms with E-state index in [1.807, 2.05) is 18.2 Å². The van der Waals surface area contributed by atoms with Gasteiger partial charge in [0.05, 0.1) is 12.0 Å². The van der Waals surface area contributed by atoms with Crippen molar-refractivity contribution >= 4 is 39.3 Å². The van der Waals surface area contributed by atoms with Crippen LogP contribution in [0, 0.1) is 0 Å². The van der Waals surface area contributed by atoms with Crippen LogP contribution in [0.15, 0.2) is 84.3 Å². The van der Waals surface area contributed by atoms with Gasteiger partial charge in [0, 0.05) is 16.3 Å². The number of nitrogens with one attached hydrogen (secondary N) is 2. The Morgan fingerprint density at radius 2 is 1.61 bits per heavy atom. The summed E-state index contributed by atoms with van der Waals surface area (Å²) >= 11 is 5.82. The second kappa shape index (κ2) is 10.7. The summed E-state index contributed by atoms with van der Waals surface area (Å²) in [5.41, 5.74) is 1.55. The van der Waals surface area contributed by atoms with Crippen molar-refractivity contribution < 1.29 is 17.9 Å². The first-order valence-electron chi connectivity index (χ1n) is 9.44. The number of ether oxygens (including phenoxy) is 1. The number of carbonyl (C=O) groups excluding carboxylic acids is 1. The molecule has 31 heavy (non-hydrogen) atoms. The Hall–Kier alpha value is -3.29. The first kappa shape index (κ1) is 22.4. The first-order chi connectivity index (χ1) is 14.9. The molecule has 6 nitrogen and oxygen atoms in total. The van der Waals surface area contributed by atoms with Gasteiger partial charge in [-0.2, -0.15) is 0 Å². The fourth-order valence-corrected chi connectivity index (χ4v) is 3.58. The molecule has 0 atom stereocenters. The summed E-state index contributed by atoms with van der Waals surface area (Å²) in [5, 5.41) is 4.47. The molecule has 3 rings (SSSR count). The molecule has 0 aliphatic carbocycles. The number of rotatable bonds is 9. The molecule has 0 radical (unpaired) electrons. The molecule has 1 amide bonds. The van der Waals surface area contributed by atoms with Crippen molar-refractivity contribution in [1.82, 2.24) is 5.32 Å². The molecular formula is C23H21ClN2O4S. The van der Waals surface area contributed by atoms with Crippen LogP contribution < -0.4 is 14.8 Å². The Kier molecular flexibility index (Phi) is 7.70. The molecule has 160 valence electrons. The molecule has 0 spiro atoms. The SMILES string of the molecule is O=C(NCCOc1ccc(Cl)cc1)c1ccc(NS(=O)(=O)/C=C/c2ccccc2)cc1. The van der Waals surface area contributed by atoms with E-state index in [0.29, 0.717) is 35.2 Å². The predicted octanol–water partition coefficient (Wildman–Crippen LogP) is 4.56. The Balaban J connectivity index is 1.48. The number of benzene rings is 3. The third-order valence-electron chi connectivity index (χ3n) is 4.12. The van der Waals surface area contributed by atoms with Crippen molar-refractivity contribution in [2.24, 2.45) is 0 Å². The molecule has 8 heteroatoms. The van der Waals surface area contributed by atoms with Crippen LogP contribution in [-0.4, -0.2) is 27.5 Å². The number of halogens is 1. The smallest absolute Gasteiger partial charge is 0.255 e. The Bertz CT molecular complexity index is 1130. The third kappa shape index (κ3) is 7.47. The van der Waals surface area contributed by atoms with Gasteiger partial charge in [-0.25, -0.2) is 8.42 Å². The number of hydrogen-bond donors (Lipinski definition) is 2. The molecule has 0 aliphatic rings. The van der Waals surface area contributed by atoms with Crippen molar-refractivity contribution in [3.8, 4) is 5.75 Å². The van der Waals surface area contributed by atoms with Crippen LogP contribution in [0.25, 0.3) is 6.08 Å². The Morgan fingerprint density at radius 1 is 0.935 bits per heavy atom. The molecule has 3 aromatic rings. The Labute approximate surface area is 186 Å². The van der Waals surface area contributed by atoms with Gasteiger partial charge in [-0.05, 0) is 60.2 Å². The van der Waals surface area contributed by atoms with E-state index in [4.69, 9.17) is 16.3 Å². The fourth-order valence-electron chi connectivity index (χ4n) is 2.59. The minimum absolute atomic E-state index is 0.280. The highest BCUT2D eigenvalue weighted by Crippen LogP contribution is 2.15. The number of carbonyl (C=O) groups is 1. The molecule has 0 aliphatic heterocycles. The summed E-state index contributed by atoms with van der Waals surface area (Å²) in [7, 11) is -3.67. The van der Waals surface area contributed by atoms with Crippen LogP contribution in [0.4, 0.5) is 5.69 Å². The Morgan fingerprint density at radius 3 is 2.29 bits per heavy atom. The summed E-state index contributed by atoms with van der Waals surface area (Å²) in [6.07, 6.45) is 1.51. The van der Waals surface area contributed by atoms with Crippen LogP contribution in [0.5, 0.6) is 5.75 Å². The fraction of sp³-hybridized carbons (Fsp3) is 0.0870. The zero-order valence-corrected chi connectivity index (χ0v) is 18.1. The normalized spacial score (nSPS) is 11.3. The van der Waals surface area contributed by atoms with Gasteiger partial charge in [0.15, 0.2) is 0 Å². The van der Waals surface area contributed by atoms with E-state index in [1.54, 1.807) is 48.5 Å². The zero-order valence-electron chi connectivity index (χ0n) is 16.5. The lowest BCUT2D eigenvalue weighted by atomic mass is 10.2. The molecule has 0 saturated carbocycles. The number of anilines is 1. The molecule has 0 saturated heterocycles. The highest BCUT2D eigenvalue weighted by molar-refractivity contribution is 7.95. The van der Waals surface area contributed by atoms with Crippen LogP contribution in [0.3, 0.4) is 0 Å². The van der Waals surface area contributed by atoms with Crippen molar-refractivity contribution in [2.45, 2.75) is 0 Å². The molecule has 2 N–H and O–H groups in total. The zero-order chi connectivity index (χ0) is 22.1. The van der Waals surface area contributed by atoms with Crippen LogP contribution in [0.1, 0.15) is 15.9 Å². The molecule has 0 unspecified atom stereocenters. The number of amides is 1. The van der Waals surface area contributed by atoms with Crippen LogP contribution >= 0.6 is 11.6 Å². The van der Waals surface area contributed by atoms with Crippen LogP contribution in [0.2, 0.25) is 5.02 Å². The van der Waals surface area contributed by atoms with Gasteiger partial charge in [-0.1, -0.05) is 41.9 Å². The second-order valence-electron chi connectivity index (χ2n) is 6.50. The van der Waals surface area contributed by atoms with Gasteiger partial charge < -0.3 is 10.1 Å². The van der Waals surface area contributed by atoms with Crippen molar-refractivity contribution in [3.63, 3.8) is 0 Å². The summed E-state index contributed by atoms with van der Waals surface area (Å²) in [5.74, 6) is 0.384. The highest BCUT2D eigenvalue weighted by atomic mass is 35.5. The molecular weight excluding hydrogens is 436 g/mol. The molecule has 0 heterocycles. The number of hydrogen-bond acceptors (Lipinski definition) is 4. The van der Waals surface area contributed by atoms with Crippen molar-refractivity contribution in [1.29, 1.82) is 0 Å². The lowest BCUT2D eigenvalue weighted by Crippen LogP contribution is -2.28. The minimum atomic E-state index is -3.67. The van der Waals surface area contributed by atoms with E-state index in [2.05, 4.69) is 10.0 Å². The molecule has 0 bridgehead atoms. The molecule has 0 aromatic heterocycles. The average molecular weight is 457 g/mol. The maximum atomic E-state index is 12.2. The second-order valence-corrected chi connectivity index (χ2v) is 8.50. The van der Waals surface area contributed by atoms with Gasteiger partial charge in [0.2, 0.25) is 0 Å². The van der Waals surface area contributed by atoms with Crippen molar-refractivity contribution in [3.05, 3.63) is 100 Å².